The van der Waals surface area contributed by atoms with Crippen molar-refractivity contribution >= 4 is 27.0 Å². The van der Waals surface area contributed by atoms with E-state index < -0.39 is 16.0 Å². The SMILES string of the molecule is CCCn1c(COC(=O)COc2ccc(C(C)C)cc2)nc2cc(S(=O)(=O)N(C)C)ccc21. The summed E-state index contributed by atoms with van der Waals surface area (Å²) in [5.74, 6) is 1.07. The molecule has 0 amide bonds. The number of sulfonamides is 1. The van der Waals surface area contributed by atoms with Crippen LogP contribution in [-0.2, 0) is 32.7 Å². The third-order valence-electron chi connectivity index (χ3n) is 5.29. The minimum Gasteiger partial charge on any atom is -0.482 e. The van der Waals surface area contributed by atoms with Crippen LogP contribution in [0, 0.1) is 0 Å². The summed E-state index contributed by atoms with van der Waals surface area (Å²) in [7, 11) is -0.595. The predicted molar refractivity (Wildman–Crippen MR) is 127 cm³/mol. The first-order valence-corrected chi connectivity index (χ1v) is 12.4. The van der Waals surface area contributed by atoms with Crippen molar-refractivity contribution in [1.82, 2.24) is 13.9 Å². The molecule has 178 valence electrons. The minimum atomic E-state index is -3.57. The number of imidazole rings is 1. The number of aromatic nitrogens is 2. The number of benzene rings is 2. The molecule has 2 aromatic carbocycles. The Kier molecular flexibility index (Phi) is 7.76. The molecule has 0 saturated heterocycles. The zero-order chi connectivity index (χ0) is 24.2. The monoisotopic (exact) mass is 473 g/mol. The highest BCUT2D eigenvalue weighted by atomic mass is 32.2. The van der Waals surface area contributed by atoms with Gasteiger partial charge in [0.1, 0.15) is 18.2 Å². The van der Waals surface area contributed by atoms with Gasteiger partial charge in [0.2, 0.25) is 10.0 Å². The molecule has 0 aliphatic carbocycles. The van der Waals surface area contributed by atoms with Crippen LogP contribution in [0.25, 0.3) is 11.0 Å². The van der Waals surface area contributed by atoms with Gasteiger partial charge in [-0.25, -0.2) is 22.5 Å². The number of hydrogen-bond donors (Lipinski definition) is 0. The van der Waals surface area contributed by atoms with E-state index in [-0.39, 0.29) is 18.1 Å². The quantitative estimate of drug-likeness (QED) is 0.414. The van der Waals surface area contributed by atoms with Gasteiger partial charge in [-0.3, -0.25) is 0 Å². The zero-order valence-corrected chi connectivity index (χ0v) is 20.6. The van der Waals surface area contributed by atoms with E-state index in [1.807, 2.05) is 35.8 Å². The van der Waals surface area contributed by atoms with Crippen molar-refractivity contribution in [2.45, 2.75) is 51.2 Å². The Balaban J connectivity index is 1.70. The molecule has 0 N–H and O–H groups in total. The van der Waals surface area contributed by atoms with Gasteiger partial charge in [0, 0.05) is 20.6 Å². The third-order valence-corrected chi connectivity index (χ3v) is 7.10. The maximum absolute atomic E-state index is 12.5. The molecule has 3 rings (SSSR count). The van der Waals surface area contributed by atoms with Crippen LogP contribution >= 0.6 is 0 Å². The molecule has 0 atom stereocenters. The molecule has 1 heterocycles. The van der Waals surface area contributed by atoms with E-state index in [2.05, 4.69) is 18.8 Å². The van der Waals surface area contributed by atoms with Crippen molar-refractivity contribution in [2.24, 2.45) is 0 Å². The van der Waals surface area contributed by atoms with Gasteiger partial charge in [0.05, 0.1) is 15.9 Å². The Morgan fingerprint density at radius 3 is 2.42 bits per heavy atom. The van der Waals surface area contributed by atoms with Crippen molar-refractivity contribution < 1.29 is 22.7 Å². The molecule has 0 bridgehead atoms. The van der Waals surface area contributed by atoms with E-state index >= 15 is 0 Å². The standard InChI is InChI=1S/C24H31N3O5S/c1-6-13-27-22-12-11-20(33(29,30)26(4)5)14-21(22)25-23(27)15-32-24(28)16-31-19-9-7-18(8-10-19)17(2)3/h7-12,14,17H,6,13,15-16H2,1-5H3. The van der Waals surface area contributed by atoms with Crippen LogP contribution in [0.1, 0.15) is 44.5 Å². The van der Waals surface area contributed by atoms with Crippen LogP contribution in [0.2, 0.25) is 0 Å². The first kappa shape index (κ1) is 24.7. The Morgan fingerprint density at radius 2 is 1.82 bits per heavy atom. The number of carbonyl (C=O) groups is 1. The lowest BCUT2D eigenvalue weighted by atomic mass is 10.0. The Labute approximate surface area is 195 Å². The van der Waals surface area contributed by atoms with Crippen molar-refractivity contribution in [3.63, 3.8) is 0 Å². The van der Waals surface area contributed by atoms with Crippen molar-refractivity contribution in [3.8, 4) is 5.75 Å². The Bertz CT molecular complexity index is 1210. The van der Waals surface area contributed by atoms with Crippen LogP contribution in [0.3, 0.4) is 0 Å². The van der Waals surface area contributed by atoms with E-state index in [0.29, 0.717) is 29.6 Å². The molecule has 8 nitrogen and oxygen atoms in total. The second-order valence-corrected chi connectivity index (χ2v) is 10.4. The number of rotatable bonds is 10. The highest BCUT2D eigenvalue weighted by Gasteiger charge is 2.20. The Morgan fingerprint density at radius 1 is 1.12 bits per heavy atom. The third kappa shape index (κ3) is 5.72. The summed E-state index contributed by atoms with van der Waals surface area (Å²) in [5.41, 5.74) is 2.53. The van der Waals surface area contributed by atoms with E-state index in [1.54, 1.807) is 18.2 Å². The fourth-order valence-electron chi connectivity index (χ4n) is 3.39. The summed E-state index contributed by atoms with van der Waals surface area (Å²) < 4.78 is 38.9. The number of hydrogen-bond acceptors (Lipinski definition) is 6. The number of esters is 1. The van der Waals surface area contributed by atoms with Crippen LogP contribution in [0.5, 0.6) is 5.75 Å². The van der Waals surface area contributed by atoms with Crippen molar-refractivity contribution in [3.05, 3.63) is 53.9 Å². The molecule has 0 aliphatic rings. The summed E-state index contributed by atoms with van der Waals surface area (Å²) in [5, 5.41) is 0. The first-order chi connectivity index (χ1) is 15.6. The second kappa shape index (κ2) is 10.4. The van der Waals surface area contributed by atoms with Gasteiger partial charge in [0.15, 0.2) is 6.61 Å². The van der Waals surface area contributed by atoms with E-state index in [1.165, 1.54) is 19.7 Å². The lowest BCUT2D eigenvalue weighted by Crippen LogP contribution is -2.22. The first-order valence-electron chi connectivity index (χ1n) is 10.9. The molecular formula is C24H31N3O5S. The lowest BCUT2D eigenvalue weighted by Gasteiger charge is -2.11. The topological polar surface area (TPSA) is 90.7 Å². The zero-order valence-electron chi connectivity index (χ0n) is 19.7. The fraction of sp³-hybridized carbons (Fsp3) is 0.417. The van der Waals surface area contributed by atoms with Crippen molar-refractivity contribution in [2.75, 3.05) is 20.7 Å². The van der Waals surface area contributed by atoms with E-state index in [0.717, 1.165) is 16.2 Å². The van der Waals surface area contributed by atoms with E-state index in [9.17, 15) is 13.2 Å². The van der Waals surface area contributed by atoms with Gasteiger partial charge in [-0.2, -0.15) is 0 Å². The largest absolute Gasteiger partial charge is 0.482 e. The normalized spacial score (nSPS) is 12.0. The summed E-state index contributed by atoms with van der Waals surface area (Å²) in [6.07, 6.45) is 0.847. The molecule has 0 aliphatic heterocycles. The molecule has 0 spiro atoms. The van der Waals surface area contributed by atoms with Gasteiger partial charge in [0.25, 0.3) is 0 Å². The maximum Gasteiger partial charge on any atom is 0.344 e. The summed E-state index contributed by atoms with van der Waals surface area (Å²) in [4.78, 5) is 17.0. The lowest BCUT2D eigenvalue weighted by molar-refractivity contribution is -0.147. The van der Waals surface area contributed by atoms with Crippen LogP contribution in [0.4, 0.5) is 0 Å². The molecule has 0 fully saturated rings. The van der Waals surface area contributed by atoms with Gasteiger partial charge < -0.3 is 14.0 Å². The number of fused-ring (bicyclic) bond motifs is 1. The fourth-order valence-corrected chi connectivity index (χ4v) is 4.31. The molecule has 0 saturated carbocycles. The molecule has 1 aromatic heterocycles. The predicted octanol–water partition coefficient (Wildman–Crippen LogP) is 3.94. The highest BCUT2D eigenvalue weighted by molar-refractivity contribution is 7.89. The van der Waals surface area contributed by atoms with Crippen LogP contribution in [0.15, 0.2) is 47.4 Å². The minimum absolute atomic E-state index is 0.0288. The van der Waals surface area contributed by atoms with Gasteiger partial charge in [-0.15, -0.1) is 0 Å². The number of ether oxygens (including phenoxy) is 2. The average Bonchev–Trinajstić information content (AvgIpc) is 3.13. The molecule has 33 heavy (non-hydrogen) atoms. The summed E-state index contributed by atoms with van der Waals surface area (Å²) in [6, 6.07) is 12.5. The van der Waals surface area contributed by atoms with Gasteiger partial charge in [-0.05, 0) is 48.2 Å². The van der Waals surface area contributed by atoms with Gasteiger partial charge >= 0.3 is 5.97 Å². The molecule has 0 radical (unpaired) electrons. The van der Waals surface area contributed by atoms with E-state index in [4.69, 9.17) is 9.47 Å². The molecule has 9 heteroatoms. The van der Waals surface area contributed by atoms with Crippen LogP contribution < -0.4 is 4.74 Å². The van der Waals surface area contributed by atoms with Crippen molar-refractivity contribution in [1.29, 1.82) is 0 Å². The highest BCUT2D eigenvalue weighted by Crippen LogP contribution is 2.23. The maximum atomic E-state index is 12.5. The molecular weight excluding hydrogens is 442 g/mol. The summed E-state index contributed by atoms with van der Waals surface area (Å²) >= 11 is 0. The number of aryl methyl sites for hydroxylation is 1. The van der Waals surface area contributed by atoms with Crippen LogP contribution in [-0.4, -0.2) is 48.9 Å². The number of nitrogens with zero attached hydrogens (tertiary/aromatic N) is 3. The number of carbonyl (C=O) groups excluding carboxylic acids is 1. The second-order valence-electron chi connectivity index (χ2n) is 8.29. The van der Waals surface area contributed by atoms with Gasteiger partial charge in [-0.1, -0.05) is 32.9 Å². The molecule has 3 aromatic rings. The average molecular weight is 474 g/mol. The summed E-state index contributed by atoms with van der Waals surface area (Å²) in [6.45, 7) is 6.69. The smallest absolute Gasteiger partial charge is 0.344 e. The Hall–Kier alpha value is -2.91. The molecule has 0 unspecified atom stereocenters.